The molecule has 0 aliphatic rings. The van der Waals surface area contributed by atoms with E-state index in [4.69, 9.17) is 13.0 Å². The Morgan fingerprint density at radius 1 is 1.56 bits per heavy atom. The molecule has 0 aromatic carbocycles. The largest absolute Gasteiger partial charge is 0.368 e. The van der Waals surface area contributed by atoms with E-state index in [0.717, 1.165) is 0 Å². The topological polar surface area (TPSA) is 64.7 Å². The lowest BCUT2D eigenvalue weighted by molar-refractivity contribution is 0.989. The first-order valence-electron chi connectivity index (χ1n) is 2.78. The average molecular weight is 146 g/mol. The van der Waals surface area contributed by atoms with Crippen LogP contribution in [0.3, 0.4) is 0 Å². The Morgan fingerprint density at radius 3 is 2.89 bits per heavy atom. The maximum absolute atomic E-state index is 6.68. The summed E-state index contributed by atoms with van der Waals surface area (Å²) >= 11 is 5.44. The highest BCUT2D eigenvalue weighted by atomic mass is 35.5. The monoisotopic (exact) mass is 145 g/mol. The van der Waals surface area contributed by atoms with Gasteiger partial charge in [-0.25, -0.2) is 4.98 Å². The quantitative estimate of drug-likeness (QED) is 0.622. The van der Waals surface area contributed by atoms with Crippen LogP contribution in [0.4, 0.5) is 5.95 Å². The van der Waals surface area contributed by atoms with Gasteiger partial charge in [-0.05, 0) is 18.5 Å². The lowest BCUT2D eigenvalue weighted by Gasteiger charge is -1.92. The number of hydrogen-bond donors (Lipinski definition) is 1. The fourth-order valence-corrected chi connectivity index (χ4v) is 0.652. The lowest BCUT2D eigenvalue weighted by Crippen LogP contribution is -1.98. The standard InChI is InChI=1S/C4H5ClN4/c1-2-7-3(5)9-4(6)8-2/h1H3,(H2,6,7,8,9)/i/hD. The summed E-state index contributed by atoms with van der Waals surface area (Å²) < 4.78 is 6.68. The zero-order valence-electron chi connectivity index (χ0n) is 5.72. The van der Waals surface area contributed by atoms with Crippen molar-refractivity contribution < 1.29 is 1.41 Å². The molecule has 1 aromatic heterocycles. The number of nitrogens with two attached hydrogens (primary N) is 1. The van der Waals surface area contributed by atoms with Gasteiger partial charge in [0.05, 0.1) is 0 Å². The first-order chi connectivity index (χ1) is 4.72. The van der Waals surface area contributed by atoms with Gasteiger partial charge in [0.1, 0.15) is 5.82 Å². The molecule has 0 bridgehead atoms. The molecule has 0 atom stereocenters. The molecule has 0 amide bonds. The van der Waals surface area contributed by atoms with Crippen LogP contribution in [-0.2, 0) is 0 Å². The minimum atomic E-state index is 0.0993. The zero-order chi connectivity index (χ0) is 7.56. The number of anilines is 1. The van der Waals surface area contributed by atoms with Gasteiger partial charge in [-0.15, -0.1) is 0 Å². The van der Waals surface area contributed by atoms with Gasteiger partial charge in [0.2, 0.25) is 11.2 Å². The summed E-state index contributed by atoms with van der Waals surface area (Å²) in [5.41, 5.74) is 2.01. The third kappa shape index (κ3) is 1.50. The van der Waals surface area contributed by atoms with Crippen LogP contribution in [0, 0.1) is 6.92 Å². The molecule has 2 N–H and O–H groups in total. The molecular formula is C4H5ClN4. The highest BCUT2D eigenvalue weighted by Gasteiger charge is 1.94. The molecule has 0 radical (unpaired) electrons. The minimum Gasteiger partial charge on any atom is -0.368 e. The second-order valence-electron chi connectivity index (χ2n) is 1.48. The van der Waals surface area contributed by atoms with Crippen LogP contribution in [-0.4, -0.2) is 15.0 Å². The van der Waals surface area contributed by atoms with E-state index < -0.39 is 0 Å². The summed E-state index contributed by atoms with van der Waals surface area (Å²) in [6, 6.07) is 0. The highest BCUT2D eigenvalue weighted by molar-refractivity contribution is 6.28. The second kappa shape index (κ2) is 2.14. The van der Waals surface area contributed by atoms with Crippen molar-refractivity contribution in [3.63, 3.8) is 0 Å². The number of nitrogens with zero attached hydrogens (tertiary/aromatic N) is 3. The molecule has 0 unspecified atom stereocenters. The fourth-order valence-electron chi connectivity index (χ4n) is 0.449. The van der Waals surface area contributed by atoms with Crippen LogP contribution < -0.4 is 5.73 Å². The van der Waals surface area contributed by atoms with Crippen molar-refractivity contribution in [1.82, 2.24) is 15.0 Å². The predicted molar refractivity (Wildman–Crippen MR) is 34.0 cm³/mol. The maximum atomic E-state index is 6.68. The Hall–Kier alpha value is -0.900. The molecule has 48 valence electrons. The average Bonchev–Trinajstić information content (AvgIpc) is 1.85. The number of aryl methyl sites for hydroxylation is 1. The van der Waals surface area contributed by atoms with Crippen molar-refractivity contribution in [2.45, 2.75) is 6.92 Å². The molecule has 0 aliphatic carbocycles. The Morgan fingerprint density at radius 2 is 2.33 bits per heavy atom. The Kier molecular flexibility index (Phi) is 1.17. The molecule has 0 spiro atoms. The molecule has 0 saturated heterocycles. The third-order valence-electron chi connectivity index (χ3n) is 0.720. The van der Waals surface area contributed by atoms with Crippen molar-refractivity contribution >= 4 is 17.5 Å². The molecule has 1 heterocycles. The van der Waals surface area contributed by atoms with Gasteiger partial charge in [-0.2, -0.15) is 9.97 Å². The third-order valence-corrected chi connectivity index (χ3v) is 0.889. The van der Waals surface area contributed by atoms with E-state index >= 15 is 0 Å². The van der Waals surface area contributed by atoms with E-state index in [1.165, 1.54) is 0 Å². The number of halogens is 1. The molecule has 1 rings (SSSR count). The Bertz CT molecular complexity index is 220. The van der Waals surface area contributed by atoms with E-state index in [9.17, 15) is 0 Å². The van der Waals surface area contributed by atoms with Crippen LogP contribution in [0.2, 0.25) is 6.70 Å². The van der Waals surface area contributed by atoms with Gasteiger partial charge in [-0.3, -0.25) is 0 Å². The van der Waals surface area contributed by atoms with Crippen molar-refractivity contribution in [1.29, 1.82) is 0 Å². The van der Waals surface area contributed by atoms with Crippen molar-refractivity contribution in [3.8, 4) is 0 Å². The van der Waals surface area contributed by atoms with Gasteiger partial charge in [0.25, 0.3) is 0 Å². The summed E-state index contributed by atoms with van der Waals surface area (Å²) in [5.74, 6) is 0.659. The Balaban J connectivity index is 3.06. The molecule has 1 aromatic rings. The number of hydrogen-bond acceptors (Lipinski definition) is 4. The normalized spacial score (nSPS) is 10.7. The molecule has 0 fully saturated rings. The van der Waals surface area contributed by atoms with Crippen molar-refractivity contribution in [2.24, 2.45) is 0 Å². The van der Waals surface area contributed by atoms with Gasteiger partial charge < -0.3 is 5.73 Å². The number of nitrogen functional groups attached to an aromatic ring is 1. The van der Waals surface area contributed by atoms with Gasteiger partial charge >= 0.3 is 0 Å². The molecular weight excluding hydrogens is 140 g/mol. The first-order valence-corrected chi connectivity index (χ1v) is 2.66. The van der Waals surface area contributed by atoms with Gasteiger partial charge in [0.15, 0.2) is 1.41 Å². The van der Waals surface area contributed by atoms with E-state index in [2.05, 4.69) is 15.0 Å². The van der Waals surface area contributed by atoms with E-state index in [-0.39, 0.29) is 11.2 Å². The minimum absolute atomic E-state index is 0.0993. The predicted octanol–water partition coefficient (Wildman–Crippen LogP) is 0.416. The molecule has 9 heavy (non-hydrogen) atoms. The smallest absolute Gasteiger partial charge is 0.227 e. The molecule has 4 nitrogen and oxygen atoms in total. The van der Waals surface area contributed by atoms with Crippen LogP contribution in [0.1, 0.15) is 5.82 Å². The summed E-state index contributed by atoms with van der Waals surface area (Å²) in [6.07, 6.45) is 0. The fraction of sp³-hybridized carbons (Fsp3) is 0.250. The summed E-state index contributed by atoms with van der Waals surface area (Å²) in [7, 11) is 0. The van der Waals surface area contributed by atoms with E-state index in [1.54, 1.807) is 6.92 Å². The van der Waals surface area contributed by atoms with Gasteiger partial charge in [0, 0.05) is 0 Å². The highest BCUT2D eigenvalue weighted by Crippen LogP contribution is 2.00. The number of rotatable bonds is 1. The lowest BCUT2D eigenvalue weighted by atomic mass is 10.7. The molecule has 0 saturated carbocycles. The van der Waals surface area contributed by atoms with Crippen molar-refractivity contribution in [3.05, 3.63) is 11.1 Å². The summed E-state index contributed by atoms with van der Waals surface area (Å²) in [4.78, 5) is 11.0. The Labute approximate surface area is 58.6 Å². The van der Waals surface area contributed by atoms with E-state index in [0.29, 0.717) is 5.82 Å². The summed E-state index contributed by atoms with van der Waals surface area (Å²) in [6.45, 7) is 1.68. The van der Waals surface area contributed by atoms with Crippen molar-refractivity contribution in [2.75, 3.05) is 5.73 Å². The molecule has 5 heteroatoms. The van der Waals surface area contributed by atoms with Crippen LogP contribution in [0.25, 0.3) is 0 Å². The number of aromatic nitrogens is 3. The van der Waals surface area contributed by atoms with Gasteiger partial charge in [-0.1, -0.05) is 0 Å². The van der Waals surface area contributed by atoms with Crippen LogP contribution >= 0.6 is 11.6 Å². The zero-order valence-corrected chi connectivity index (χ0v) is 5.48. The van der Waals surface area contributed by atoms with Crippen LogP contribution in [0.15, 0.2) is 0 Å². The van der Waals surface area contributed by atoms with E-state index in [1.807, 2.05) is 5.73 Å². The second-order valence-corrected chi connectivity index (χ2v) is 1.81. The maximum Gasteiger partial charge on any atom is 0.227 e. The summed E-state index contributed by atoms with van der Waals surface area (Å²) in [5, 5.41) is 0.0993. The SMILES string of the molecule is [2H]Nc1nc(C)nc(Cl)n1. The van der Waals surface area contributed by atoms with Crippen LogP contribution in [0.5, 0.6) is 0 Å². The molecule has 0 aliphatic heterocycles. The first kappa shape index (κ1) is 4.93.